The molecule has 1 aliphatic heterocycles. The Labute approximate surface area is 179 Å². The highest BCUT2D eigenvalue weighted by Gasteiger charge is 2.25. The van der Waals surface area contributed by atoms with Crippen LogP contribution in [-0.2, 0) is 17.1 Å². The predicted molar refractivity (Wildman–Crippen MR) is 115 cm³/mol. The van der Waals surface area contributed by atoms with Gasteiger partial charge in [0.2, 0.25) is 6.29 Å². The number of aromatic nitrogens is 2. The van der Waals surface area contributed by atoms with Gasteiger partial charge in [-0.1, -0.05) is 88.0 Å². The second-order valence-electron chi connectivity index (χ2n) is 5.78. The minimum Gasteiger partial charge on any atom is -0.460 e. The van der Waals surface area contributed by atoms with Crippen molar-refractivity contribution in [2.24, 2.45) is 0 Å². The van der Waals surface area contributed by atoms with Crippen LogP contribution < -0.4 is 4.74 Å². The van der Waals surface area contributed by atoms with Crippen LogP contribution in [0.25, 0.3) is 0 Å². The largest absolute Gasteiger partial charge is 0.460 e. The maximum absolute atomic E-state index is 6.24. The van der Waals surface area contributed by atoms with Crippen molar-refractivity contribution in [2.45, 2.75) is 34.3 Å². The summed E-state index contributed by atoms with van der Waals surface area (Å²) in [5.41, 5.74) is 3.22. The molecule has 4 nitrogen and oxygen atoms in total. The molecule has 0 saturated carbocycles. The average molecular weight is 481 g/mol. The first-order valence-electron chi connectivity index (χ1n) is 8.46. The van der Waals surface area contributed by atoms with Gasteiger partial charge in [-0.15, -0.1) is 10.2 Å². The minimum absolute atomic E-state index is 0.377. The van der Waals surface area contributed by atoms with Crippen LogP contribution in [0.4, 0.5) is 0 Å². The van der Waals surface area contributed by atoms with Crippen LogP contribution in [0.2, 0.25) is 0 Å². The molecule has 4 rings (SSSR count). The number of fused-ring (bicyclic) bond motifs is 1. The van der Waals surface area contributed by atoms with Crippen LogP contribution >= 0.6 is 50.8 Å². The van der Waals surface area contributed by atoms with Gasteiger partial charge < -0.3 is 9.47 Å². The van der Waals surface area contributed by atoms with Gasteiger partial charge in [0.25, 0.3) is 0 Å². The Bertz CT molecular complexity index is 921. The van der Waals surface area contributed by atoms with E-state index in [0.29, 0.717) is 6.61 Å². The molecule has 140 valence electrons. The zero-order valence-corrected chi connectivity index (χ0v) is 18.6. The van der Waals surface area contributed by atoms with Crippen LogP contribution in [0.15, 0.2) is 55.6 Å². The monoisotopic (exact) mass is 480 g/mol. The lowest BCUT2D eigenvalue weighted by Crippen LogP contribution is -2.19. The highest BCUT2D eigenvalue weighted by molar-refractivity contribution is 9.10. The number of benzene rings is 2. The molecule has 0 unspecified atom stereocenters. The average Bonchev–Trinajstić information content (AvgIpc) is 3.14. The Morgan fingerprint density at radius 2 is 1.93 bits per heavy atom. The van der Waals surface area contributed by atoms with Crippen molar-refractivity contribution < 1.29 is 9.47 Å². The van der Waals surface area contributed by atoms with Crippen LogP contribution in [0.1, 0.15) is 29.9 Å². The summed E-state index contributed by atoms with van der Waals surface area (Å²) in [5.74, 6) is 2.69. The molecule has 0 saturated heterocycles. The van der Waals surface area contributed by atoms with Gasteiger partial charge >= 0.3 is 0 Å². The molecule has 27 heavy (non-hydrogen) atoms. The van der Waals surface area contributed by atoms with Gasteiger partial charge in [-0.3, -0.25) is 0 Å². The molecule has 1 aromatic heterocycles. The van der Waals surface area contributed by atoms with E-state index < -0.39 is 0 Å². The van der Waals surface area contributed by atoms with E-state index in [-0.39, 0.29) is 6.29 Å². The van der Waals surface area contributed by atoms with Crippen molar-refractivity contribution in [3.63, 3.8) is 0 Å². The maximum Gasteiger partial charge on any atom is 0.227 e. The van der Waals surface area contributed by atoms with Crippen molar-refractivity contribution >= 4 is 50.8 Å². The smallest absolute Gasteiger partial charge is 0.227 e. The van der Waals surface area contributed by atoms with Crippen molar-refractivity contribution in [2.75, 3.05) is 5.75 Å². The molecule has 0 amide bonds. The topological polar surface area (TPSA) is 44.2 Å². The molecule has 0 N–H and O–H groups in total. The molecule has 8 heteroatoms. The van der Waals surface area contributed by atoms with Crippen LogP contribution in [0.5, 0.6) is 5.75 Å². The lowest BCUT2D eigenvalue weighted by Gasteiger charge is -2.28. The third-order valence-corrected chi connectivity index (χ3v) is 7.48. The zero-order valence-electron chi connectivity index (χ0n) is 14.6. The quantitative estimate of drug-likeness (QED) is 0.385. The van der Waals surface area contributed by atoms with Crippen LogP contribution in [0, 0.1) is 0 Å². The van der Waals surface area contributed by atoms with Gasteiger partial charge in [-0.25, -0.2) is 0 Å². The summed E-state index contributed by atoms with van der Waals surface area (Å²) in [6, 6.07) is 14.2. The number of thioether (sulfide) groups is 2. The SMILES string of the molecule is CCSc1nnc(SCc2cc(Br)cc3c2O[C@@H](c2ccccc2)OC3)s1. The standard InChI is InChI=1S/C19H17BrN2O2S3/c1-2-25-18-21-22-19(27-18)26-11-14-9-15(20)8-13-10-23-17(24-16(13)14)12-6-4-3-5-7-12/h3-9,17H,2,10-11H2,1H3/t17-/m0/s1. The highest BCUT2D eigenvalue weighted by Crippen LogP contribution is 2.40. The number of hydrogen-bond donors (Lipinski definition) is 0. The third-order valence-electron chi connectivity index (χ3n) is 3.90. The number of hydrogen-bond acceptors (Lipinski definition) is 7. The summed E-state index contributed by atoms with van der Waals surface area (Å²) in [6.45, 7) is 2.65. The van der Waals surface area contributed by atoms with Gasteiger partial charge in [-0.05, 0) is 17.9 Å². The minimum atomic E-state index is -0.377. The van der Waals surface area contributed by atoms with Gasteiger partial charge in [0.15, 0.2) is 8.68 Å². The van der Waals surface area contributed by atoms with E-state index in [9.17, 15) is 0 Å². The fraction of sp³-hybridized carbons (Fsp3) is 0.263. The fourth-order valence-electron chi connectivity index (χ4n) is 2.74. The van der Waals surface area contributed by atoms with E-state index >= 15 is 0 Å². The second kappa shape index (κ2) is 8.96. The van der Waals surface area contributed by atoms with Gasteiger partial charge in [0.1, 0.15) is 5.75 Å². The maximum atomic E-state index is 6.24. The van der Waals surface area contributed by atoms with Crippen LogP contribution in [-0.4, -0.2) is 16.0 Å². The summed E-state index contributed by atoms with van der Waals surface area (Å²) in [6.07, 6.45) is -0.377. The first-order valence-corrected chi connectivity index (χ1v) is 12.0. The molecule has 0 spiro atoms. The molecular weight excluding hydrogens is 464 g/mol. The molecular formula is C19H17BrN2O2S3. The van der Waals surface area contributed by atoms with E-state index in [0.717, 1.165) is 47.1 Å². The van der Waals surface area contributed by atoms with E-state index in [1.165, 1.54) is 0 Å². The summed E-state index contributed by atoms with van der Waals surface area (Å²) < 4.78 is 15.2. The first kappa shape index (κ1) is 19.3. The van der Waals surface area contributed by atoms with Gasteiger partial charge in [0.05, 0.1) is 6.61 Å². The summed E-state index contributed by atoms with van der Waals surface area (Å²) in [5, 5.41) is 8.51. The predicted octanol–water partition coefficient (Wildman–Crippen LogP) is 6.31. The summed E-state index contributed by atoms with van der Waals surface area (Å²) in [4.78, 5) is 0. The Balaban J connectivity index is 1.54. The van der Waals surface area contributed by atoms with Crippen molar-refractivity contribution in [1.82, 2.24) is 10.2 Å². The molecule has 0 fully saturated rings. The Hall–Kier alpha value is -1.06. The number of halogens is 1. The van der Waals surface area contributed by atoms with Gasteiger partial charge in [-0.2, -0.15) is 0 Å². The molecule has 0 aliphatic carbocycles. The molecule has 1 aliphatic rings. The lowest BCUT2D eigenvalue weighted by atomic mass is 10.1. The van der Waals surface area contributed by atoms with Crippen molar-refractivity contribution in [3.8, 4) is 5.75 Å². The van der Waals surface area contributed by atoms with E-state index in [1.54, 1.807) is 34.9 Å². The molecule has 3 aromatic rings. The van der Waals surface area contributed by atoms with Gasteiger partial charge in [0, 0.05) is 26.9 Å². The summed E-state index contributed by atoms with van der Waals surface area (Å²) in [7, 11) is 0. The van der Waals surface area contributed by atoms with E-state index in [2.05, 4.69) is 45.2 Å². The normalized spacial score (nSPS) is 16.0. The Kier molecular flexibility index (Phi) is 6.39. The van der Waals surface area contributed by atoms with E-state index in [4.69, 9.17) is 9.47 Å². The fourth-order valence-corrected chi connectivity index (χ4v) is 6.17. The van der Waals surface area contributed by atoms with Crippen molar-refractivity contribution in [3.05, 3.63) is 63.6 Å². The Morgan fingerprint density at radius 1 is 1.15 bits per heavy atom. The molecule has 1 atom stereocenters. The summed E-state index contributed by atoms with van der Waals surface area (Å²) >= 11 is 8.66. The number of rotatable bonds is 6. The lowest BCUT2D eigenvalue weighted by molar-refractivity contribution is -0.111. The second-order valence-corrected chi connectivity index (χ2v) is 10.4. The Morgan fingerprint density at radius 3 is 2.70 bits per heavy atom. The number of ether oxygens (including phenoxy) is 2. The number of nitrogens with zero attached hydrogens (tertiary/aromatic N) is 2. The van der Waals surface area contributed by atoms with Crippen LogP contribution in [0.3, 0.4) is 0 Å². The molecule has 0 radical (unpaired) electrons. The molecule has 2 heterocycles. The van der Waals surface area contributed by atoms with E-state index in [1.807, 2.05) is 30.3 Å². The highest BCUT2D eigenvalue weighted by atomic mass is 79.9. The van der Waals surface area contributed by atoms with Crippen molar-refractivity contribution in [1.29, 1.82) is 0 Å². The molecule has 0 bridgehead atoms. The first-order chi connectivity index (χ1) is 13.2. The molecule has 2 aromatic carbocycles. The zero-order chi connectivity index (χ0) is 18.6. The third kappa shape index (κ3) is 4.68.